The average molecular weight is 588 g/mol. The summed E-state index contributed by atoms with van der Waals surface area (Å²) < 4.78 is 20.9. The molecule has 1 spiro atoms. The van der Waals surface area contributed by atoms with Gasteiger partial charge in [-0.25, -0.2) is 14.2 Å². The highest BCUT2D eigenvalue weighted by Gasteiger charge is 2.47. The Morgan fingerprint density at radius 2 is 1.86 bits per heavy atom. The summed E-state index contributed by atoms with van der Waals surface area (Å²) in [6, 6.07) is 16.1. The first-order valence-electron chi connectivity index (χ1n) is 15.6. The number of para-hydroxylation sites is 1. The smallest absolute Gasteiger partial charge is 0.320 e. The van der Waals surface area contributed by atoms with E-state index in [4.69, 9.17) is 4.74 Å². The number of methoxy groups -OCH3 is 1. The van der Waals surface area contributed by atoms with Gasteiger partial charge in [0.25, 0.3) is 5.56 Å². The Labute approximate surface area is 252 Å². The van der Waals surface area contributed by atoms with Gasteiger partial charge in [0.2, 0.25) is 0 Å². The highest BCUT2D eigenvalue weighted by atomic mass is 19.1. The van der Waals surface area contributed by atoms with E-state index in [1.54, 1.807) is 24.1 Å². The fourth-order valence-electron chi connectivity index (χ4n) is 7.74. The first-order chi connectivity index (χ1) is 20.9. The first-order valence-corrected chi connectivity index (χ1v) is 15.6. The molecule has 2 amide bonds. The van der Waals surface area contributed by atoms with Crippen molar-refractivity contribution in [1.29, 1.82) is 0 Å². The highest BCUT2D eigenvalue weighted by molar-refractivity contribution is 5.75. The summed E-state index contributed by atoms with van der Waals surface area (Å²) in [6.45, 7) is 2.64. The zero-order valence-corrected chi connectivity index (χ0v) is 25.2. The largest absolute Gasteiger partial charge is 0.496 e. The van der Waals surface area contributed by atoms with Crippen molar-refractivity contribution in [3.8, 4) is 17.0 Å². The van der Waals surface area contributed by atoms with Crippen LogP contribution in [0.3, 0.4) is 0 Å². The van der Waals surface area contributed by atoms with Crippen molar-refractivity contribution in [3.05, 3.63) is 82.7 Å². The van der Waals surface area contributed by atoms with Crippen LogP contribution in [0.1, 0.15) is 56.6 Å². The van der Waals surface area contributed by atoms with Crippen LogP contribution in [-0.4, -0.2) is 65.2 Å². The number of nitrogens with one attached hydrogen (secondary N) is 1. The molecule has 1 saturated carbocycles. The molecule has 228 valence electrons. The van der Waals surface area contributed by atoms with Crippen molar-refractivity contribution in [3.63, 3.8) is 0 Å². The fourth-order valence-corrected chi connectivity index (χ4v) is 7.74. The van der Waals surface area contributed by atoms with E-state index in [0.717, 1.165) is 56.1 Å². The first kappa shape index (κ1) is 29.4. The van der Waals surface area contributed by atoms with Crippen LogP contribution in [0.15, 0.2) is 65.7 Å². The molecule has 3 aromatic rings. The van der Waals surface area contributed by atoms with E-state index in [2.05, 4.69) is 15.2 Å². The Morgan fingerprint density at radius 1 is 1.09 bits per heavy atom. The molecule has 3 aliphatic rings. The zero-order chi connectivity index (χ0) is 30.0. The summed E-state index contributed by atoms with van der Waals surface area (Å²) in [6.07, 6.45) is 8.62. The molecule has 2 saturated heterocycles. The van der Waals surface area contributed by atoms with Gasteiger partial charge in [-0.1, -0.05) is 37.1 Å². The number of hydrogen-bond acceptors (Lipinski definition) is 5. The van der Waals surface area contributed by atoms with Crippen LogP contribution < -0.4 is 15.6 Å². The van der Waals surface area contributed by atoms with Gasteiger partial charge in [-0.05, 0) is 80.3 Å². The van der Waals surface area contributed by atoms with Crippen molar-refractivity contribution in [2.24, 2.45) is 11.3 Å². The monoisotopic (exact) mass is 587 g/mol. The number of halogens is 1. The molecule has 2 aliphatic heterocycles. The average Bonchev–Trinajstić information content (AvgIpc) is 3.51. The minimum Gasteiger partial charge on any atom is -0.496 e. The highest BCUT2D eigenvalue weighted by Crippen LogP contribution is 2.49. The SMILES string of the molecule is CN[C@@H]1CCN(C(=O)N2CC[C@@H](Cn3cnc(-c4ccccc4OC)cc3=O)C3(CCCC3)C2)[C@H](c2ccc(F)cc2)C1. The third kappa shape index (κ3) is 5.92. The van der Waals surface area contributed by atoms with Gasteiger partial charge in [0, 0.05) is 43.9 Å². The van der Waals surface area contributed by atoms with Crippen molar-refractivity contribution < 1.29 is 13.9 Å². The lowest BCUT2D eigenvalue weighted by Gasteiger charge is -2.49. The molecule has 3 heterocycles. The maximum absolute atomic E-state index is 14.2. The Morgan fingerprint density at radius 3 is 2.58 bits per heavy atom. The molecule has 0 unspecified atom stereocenters. The number of piperidine rings is 2. The summed E-state index contributed by atoms with van der Waals surface area (Å²) in [4.78, 5) is 36.2. The maximum atomic E-state index is 14.2. The molecule has 0 radical (unpaired) electrons. The van der Waals surface area contributed by atoms with E-state index in [0.29, 0.717) is 49.6 Å². The van der Waals surface area contributed by atoms with Crippen LogP contribution in [0.5, 0.6) is 5.75 Å². The number of urea groups is 1. The second-order valence-corrected chi connectivity index (χ2v) is 12.5. The van der Waals surface area contributed by atoms with E-state index in [-0.39, 0.29) is 28.9 Å². The van der Waals surface area contributed by atoms with E-state index in [9.17, 15) is 14.0 Å². The predicted octanol–water partition coefficient (Wildman–Crippen LogP) is 5.49. The minimum absolute atomic E-state index is 0.0106. The summed E-state index contributed by atoms with van der Waals surface area (Å²) in [5.74, 6) is 0.709. The molecule has 2 aromatic carbocycles. The van der Waals surface area contributed by atoms with E-state index < -0.39 is 0 Å². The molecule has 1 N–H and O–H groups in total. The second-order valence-electron chi connectivity index (χ2n) is 12.5. The predicted molar refractivity (Wildman–Crippen MR) is 164 cm³/mol. The molecule has 9 heteroatoms. The van der Waals surface area contributed by atoms with Crippen molar-refractivity contribution >= 4 is 6.03 Å². The summed E-state index contributed by atoms with van der Waals surface area (Å²) in [7, 11) is 3.58. The lowest BCUT2D eigenvalue weighted by molar-refractivity contribution is 0.0208. The van der Waals surface area contributed by atoms with Crippen molar-refractivity contribution in [2.45, 2.75) is 63.6 Å². The number of benzene rings is 2. The van der Waals surface area contributed by atoms with Gasteiger partial charge >= 0.3 is 6.03 Å². The molecule has 1 aromatic heterocycles. The molecule has 6 rings (SSSR count). The van der Waals surface area contributed by atoms with E-state index in [1.807, 2.05) is 48.3 Å². The van der Waals surface area contributed by atoms with Gasteiger partial charge in [-0.2, -0.15) is 0 Å². The number of carbonyl (C=O) groups is 1. The number of nitrogens with zero attached hydrogens (tertiary/aromatic N) is 4. The number of amides is 2. The Kier molecular flexibility index (Phi) is 8.52. The van der Waals surface area contributed by atoms with Crippen LogP contribution in [-0.2, 0) is 6.54 Å². The lowest BCUT2D eigenvalue weighted by atomic mass is 9.69. The molecule has 0 bridgehead atoms. The number of hydrogen-bond donors (Lipinski definition) is 1. The minimum atomic E-state index is -0.267. The van der Waals surface area contributed by atoms with Crippen LogP contribution in [0.4, 0.5) is 9.18 Å². The quantitative estimate of drug-likeness (QED) is 0.413. The van der Waals surface area contributed by atoms with Gasteiger partial charge < -0.3 is 19.9 Å². The third-order valence-corrected chi connectivity index (χ3v) is 10.2. The van der Waals surface area contributed by atoms with Crippen LogP contribution >= 0.6 is 0 Å². The van der Waals surface area contributed by atoms with Gasteiger partial charge in [-0.15, -0.1) is 0 Å². The van der Waals surface area contributed by atoms with Gasteiger partial charge in [-0.3, -0.25) is 9.36 Å². The summed E-state index contributed by atoms with van der Waals surface area (Å²) >= 11 is 0. The Hall–Kier alpha value is -3.72. The fraction of sp³-hybridized carbons (Fsp3) is 0.500. The van der Waals surface area contributed by atoms with Crippen LogP contribution in [0.25, 0.3) is 11.3 Å². The van der Waals surface area contributed by atoms with E-state index >= 15 is 0 Å². The zero-order valence-electron chi connectivity index (χ0n) is 25.2. The Balaban J connectivity index is 1.20. The normalized spacial score (nSPS) is 23.5. The van der Waals surface area contributed by atoms with Crippen LogP contribution in [0.2, 0.25) is 0 Å². The lowest BCUT2D eigenvalue weighted by Crippen LogP contribution is -2.56. The molecular weight excluding hydrogens is 545 g/mol. The second kappa shape index (κ2) is 12.5. The number of aromatic nitrogens is 2. The number of likely N-dealkylation sites (tertiary alicyclic amines) is 2. The van der Waals surface area contributed by atoms with Crippen LogP contribution in [0, 0.1) is 17.2 Å². The number of carbonyl (C=O) groups excluding carboxylic acids is 1. The van der Waals surface area contributed by atoms with Gasteiger partial charge in [0.1, 0.15) is 11.6 Å². The number of rotatable bonds is 6. The van der Waals surface area contributed by atoms with Gasteiger partial charge in [0.05, 0.1) is 25.2 Å². The number of ether oxygens (including phenoxy) is 1. The molecule has 3 fully saturated rings. The molecular formula is C34H42FN5O3. The van der Waals surface area contributed by atoms with E-state index in [1.165, 1.54) is 12.1 Å². The molecule has 3 atom stereocenters. The molecule has 8 nitrogen and oxygen atoms in total. The topological polar surface area (TPSA) is 79.7 Å². The third-order valence-electron chi connectivity index (χ3n) is 10.2. The van der Waals surface area contributed by atoms with Gasteiger partial charge in [0.15, 0.2) is 0 Å². The molecule has 43 heavy (non-hydrogen) atoms. The van der Waals surface area contributed by atoms with Crippen molar-refractivity contribution in [2.75, 3.05) is 33.8 Å². The summed E-state index contributed by atoms with van der Waals surface area (Å²) in [5.41, 5.74) is 2.29. The Bertz CT molecular complexity index is 1490. The maximum Gasteiger partial charge on any atom is 0.320 e. The standard InChI is InChI=1S/C34H42FN5O3/c1-36-27-14-18-40(30(19-27)24-9-11-26(35)12-10-24)33(42)38-17-13-25(34(22-38)15-5-6-16-34)21-39-23-37-29(20-32(39)41)28-7-3-4-8-31(28)43-2/h3-4,7-12,20,23,25,27,30,36H,5-6,13-19,21-22H2,1-2H3/t25-,27+,30-/m0/s1. The van der Waals surface area contributed by atoms with Crippen molar-refractivity contribution in [1.82, 2.24) is 24.7 Å². The summed E-state index contributed by atoms with van der Waals surface area (Å²) in [5, 5.41) is 3.38. The molecule has 1 aliphatic carbocycles.